The van der Waals surface area contributed by atoms with Crippen LogP contribution in [0.15, 0.2) is 53.9 Å². The van der Waals surface area contributed by atoms with Gasteiger partial charge in [-0.15, -0.1) is 11.3 Å². The second kappa shape index (κ2) is 8.60. The number of nitrogens with zero attached hydrogens (tertiary/aromatic N) is 1. The molecule has 1 amide bonds. The number of carbonyl (C=O) groups is 2. The molecule has 1 heterocycles. The molecule has 0 spiro atoms. The Morgan fingerprint density at radius 2 is 1.93 bits per heavy atom. The fourth-order valence-electron chi connectivity index (χ4n) is 2.62. The normalized spacial score (nSPS) is 10.4. The van der Waals surface area contributed by atoms with Crippen LogP contribution in [-0.2, 0) is 16.0 Å². The molecule has 0 saturated carbocycles. The van der Waals surface area contributed by atoms with Gasteiger partial charge in [-0.05, 0) is 37.6 Å². The molecule has 0 atom stereocenters. The molecule has 0 fully saturated rings. The van der Waals surface area contributed by atoms with Gasteiger partial charge < -0.3 is 10.1 Å². The number of aromatic nitrogens is 1. The predicted molar refractivity (Wildman–Crippen MR) is 107 cm³/mol. The molecule has 0 aliphatic carbocycles. The summed E-state index contributed by atoms with van der Waals surface area (Å²) in [6, 6.07) is 14.5. The minimum atomic E-state index is -0.401. The number of esters is 1. The number of thiazole rings is 1. The first-order valence-corrected chi connectivity index (χ1v) is 9.51. The van der Waals surface area contributed by atoms with E-state index in [9.17, 15) is 9.59 Å². The van der Waals surface area contributed by atoms with Crippen molar-refractivity contribution in [3.63, 3.8) is 0 Å². The number of amides is 1. The van der Waals surface area contributed by atoms with Crippen LogP contribution in [0.4, 0.5) is 5.69 Å². The Hall–Kier alpha value is -2.99. The molecule has 1 aromatic heterocycles. The molecule has 0 bridgehead atoms. The molecule has 0 aliphatic heterocycles. The Kier molecular flexibility index (Phi) is 5.98. The molecule has 5 nitrogen and oxygen atoms in total. The molecule has 0 aliphatic rings. The number of aryl methyl sites for hydroxylation is 1. The number of benzene rings is 2. The number of hydrogen-bond donors (Lipinski definition) is 1. The number of rotatable bonds is 6. The van der Waals surface area contributed by atoms with Crippen LogP contribution >= 0.6 is 11.3 Å². The zero-order chi connectivity index (χ0) is 19.2. The lowest BCUT2D eigenvalue weighted by Gasteiger charge is -2.08. The van der Waals surface area contributed by atoms with Crippen LogP contribution in [0, 0.1) is 6.92 Å². The highest BCUT2D eigenvalue weighted by Gasteiger charge is 2.09. The summed E-state index contributed by atoms with van der Waals surface area (Å²) in [5.74, 6) is -0.547. The van der Waals surface area contributed by atoms with Crippen LogP contribution in [0.5, 0.6) is 0 Å². The fourth-order valence-corrected chi connectivity index (χ4v) is 3.24. The van der Waals surface area contributed by atoms with Gasteiger partial charge in [-0.2, -0.15) is 0 Å². The van der Waals surface area contributed by atoms with Crippen LogP contribution in [0.1, 0.15) is 27.9 Å². The maximum Gasteiger partial charge on any atom is 0.338 e. The lowest BCUT2D eigenvalue weighted by Crippen LogP contribution is -2.15. The average Bonchev–Trinajstić information content (AvgIpc) is 3.09. The standard InChI is InChI=1S/C21H20N2O3S/c1-3-26-21(25)17-5-4-6-18(12-17)23-20(24)11-15-7-9-16(10-8-15)19-13-27-14(2)22-19/h4-10,12-13H,3,11H2,1-2H3,(H,23,24). The van der Waals surface area contributed by atoms with E-state index >= 15 is 0 Å². The molecule has 0 saturated heterocycles. The molecule has 3 aromatic rings. The summed E-state index contributed by atoms with van der Waals surface area (Å²) >= 11 is 1.61. The number of carbonyl (C=O) groups excluding carboxylic acids is 2. The number of anilines is 1. The molecular weight excluding hydrogens is 360 g/mol. The van der Waals surface area contributed by atoms with Gasteiger partial charge in [0.05, 0.1) is 29.3 Å². The van der Waals surface area contributed by atoms with E-state index in [4.69, 9.17) is 4.74 Å². The molecule has 2 aromatic carbocycles. The summed E-state index contributed by atoms with van der Waals surface area (Å²) in [6.07, 6.45) is 0.250. The van der Waals surface area contributed by atoms with Gasteiger partial charge in [-0.1, -0.05) is 30.3 Å². The lowest BCUT2D eigenvalue weighted by molar-refractivity contribution is -0.115. The van der Waals surface area contributed by atoms with Crippen molar-refractivity contribution in [3.05, 3.63) is 70.0 Å². The van der Waals surface area contributed by atoms with Crippen molar-refractivity contribution >= 4 is 28.9 Å². The van der Waals surface area contributed by atoms with Crippen LogP contribution in [0.25, 0.3) is 11.3 Å². The lowest BCUT2D eigenvalue weighted by atomic mass is 10.1. The highest BCUT2D eigenvalue weighted by atomic mass is 32.1. The molecule has 6 heteroatoms. The Morgan fingerprint density at radius 1 is 1.15 bits per heavy atom. The molecule has 27 heavy (non-hydrogen) atoms. The Morgan fingerprint density at radius 3 is 2.59 bits per heavy atom. The van der Waals surface area contributed by atoms with Crippen molar-refractivity contribution in [2.24, 2.45) is 0 Å². The summed E-state index contributed by atoms with van der Waals surface area (Å²) < 4.78 is 4.98. The van der Waals surface area contributed by atoms with Gasteiger partial charge in [0.25, 0.3) is 0 Å². The van der Waals surface area contributed by atoms with Crippen molar-refractivity contribution in [2.45, 2.75) is 20.3 Å². The molecule has 0 radical (unpaired) electrons. The maximum absolute atomic E-state index is 12.3. The van der Waals surface area contributed by atoms with E-state index in [-0.39, 0.29) is 12.3 Å². The van der Waals surface area contributed by atoms with Crippen molar-refractivity contribution in [2.75, 3.05) is 11.9 Å². The minimum Gasteiger partial charge on any atom is -0.462 e. The zero-order valence-corrected chi connectivity index (χ0v) is 16.0. The Bertz CT molecular complexity index is 948. The smallest absolute Gasteiger partial charge is 0.338 e. The topological polar surface area (TPSA) is 68.3 Å². The van der Waals surface area contributed by atoms with E-state index in [1.807, 2.05) is 36.6 Å². The highest BCUT2D eigenvalue weighted by molar-refractivity contribution is 7.09. The average molecular weight is 380 g/mol. The Labute approximate surface area is 162 Å². The van der Waals surface area contributed by atoms with Gasteiger partial charge in [0.1, 0.15) is 0 Å². The second-order valence-electron chi connectivity index (χ2n) is 5.97. The molecular formula is C21H20N2O3S. The van der Waals surface area contributed by atoms with Crippen molar-refractivity contribution in [1.29, 1.82) is 0 Å². The number of nitrogens with one attached hydrogen (secondary N) is 1. The summed E-state index contributed by atoms with van der Waals surface area (Å²) in [5, 5.41) is 5.87. The highest BCUT2D eigenvalue weighted by Crippen LogP contribution is 2.22. The van der Waals surface area contributed by atoms with Crippen molar-refractivity contribution in [1.82, 2.24) is 4.98 Å². The summed E-state index contributed by atoms with van der Waals surface area (Å²) in [6.45, 7) is 4.04. The predicted octanol–water partition coefficient (Wildman–Crippen LogP) is 4.48. The van der Waals surface area contributed by atoms with Gasteiger partial charge in [0.15, 0.2) is 0 Å². The van der Waals surface area contributed by atoms with E-state index in [1.165, 1.54) is 0 Å². The van der Waals surface area contributed by atoms with Gasteiger partial charge in [-0.25, -0.2) is 9.78 Å². The number of ether oxygens (including phenoxy) is 1. The van der Waals surface area contributed by atoms with Crippen LogP contribution < -0.4 is 5.32 Å². The largest absolute Gasteiger partial charge is 0.462 e. The summed E-state index contributed by atoms with van der Waals surface area (Å²) in [5.41, 5.74) is 3.87. The summed E-state index contributed by atoms with van der Waals surface area (Å²) in [7, 11) is 0. The third-order valence-corrected chi connectivity index (χ3v) is 4.66. The van der Waals surface area contributed by atoms with E-state index in [0.717, 1.165) is 21.8 Å². The van der Waals surface area contributed by atoms with E-state index < -0.39 is 5.97 Å². The van der Waals surface area contributed by atoms with Gasteiger partial charge in [0, 0.05) is 16.6 Å². The van der Waals surface area contributed by atoms with Gasteiger partial charge in [-0.3, -0.25) is 4.79 Å². The van der Waals surface area contributed by atoms with Crippen molar-refractivity contribution < 1.29 is 14.3 Å². The fraction of sp³-hybridized carbons (Fsp3) is 0.190. The first-order valence-electron chi connectivity index (χ1n) is 8.63. The van der Waals surface area contributed by atoms with Crippen LogP contribution in [0.3, 0.4) is 0 Å². The van der Waals surface area contributed by atoms with Gasteiger partial charge >= 0.3 is 5.97 Å². The number of hydrogen-bond acceptors (Lipinski definition) is 5. The molecule has 0 unspecified atom stereocenters. The first-order chi connectivity index (χ1) is 13.0. The van der Waals surface area contributed by atoms with E-state index in [2.05, 4.69) is 10.3 Å². The quantitative estimate of drug-likeness (QED) is 0.641. The maximum atomic E-state index is 12.3. The monoisotopic (exact) mass is 380 g/mol. The van der Waals surface area contributed by atoms with Gasteiger partial charge in [0.2, 0.25) is 5.91 Å². The van der Waals surface area contributed by atoms with E-state index in [1.54, 1.807) is 42.5 Å². The SMILES string of the molecule is CCOC(=O)c1cccc(NC(=O)Cc2ccc(-c3csc(C)n3)cc2)c1. The van der Waals surface area contributed by atoms with Crippen LogP contribution in [0.2, 0.25) is 0 Å². The Balaban J connectivity index is 1.62. The third kappa shape index (κ3) is 5.01. The van der Waals surface area contributed by atoms with Crippen molar-refractivity contribution in [3.8, 4) is 11.3 Å². The molecule has 138 valence electrons. The van der Waals surface area contributed by atoms with Crippen LogP contribution in [-0.4, -0.2) is 23.5 Å². The third-order valence-electron chi connectivity index (χ3n) is 3.89. The summed E-state index contributed by atoms with van der Waals surface area (Å²) in [4.78, 5) is 28.6. The van der Waals surface area contributed by atoms with E-state index in [0.29, 0.717) is 17.9 Å². The molecule has 1 N–H and O–H groups in total. The minimum absolute atomic E-state index is 0.145. The zero-order valence-electron chi connectivity index (χ0n) is 15.2. The molecule has 3 rings (SSSR count). The second-order valence-corrected chi connectivity index (χ2v) is 7.04. The first kappa shape index (κ1) is 18.8.